The van der Waals surface area contributed by atoms with Gasteiger partial charge in [-0.15, -0.1) is 0 Å². The number of aryl methyl sites for hydroxylation is 1. The third-order valence-corrected chi connectivity index (χ3v) is 5.00. The molecule has 2 aromatic heterocycles. The first-order valence-electron chi connectivity index (χ1n) is 12.7. The first-order chi connectivity index (χ1) is 15.2. The molecule has 0 atom stereocenters. The lowest BCUT2D eigenvalue weighted by molar-refractivity contribution is 0.482. The summed E-state index contributed by atoms with van der Waals surface area (Å²) in [6.45, 7) is 19.9. The summed E-state index contributed by atoms with van der Waals surface area (Å²) in [6, 6.07) is 0. The fraction of sp³-hybridized carbons (Fsp3) is 0.714. The van der Waals surface area contributed by atoms with E-state index in [0.717, 1.165) is 36.9 Å². The average Bonchev–Trinajstić information content (AvgIpc) is 3.31. The van der Waals surface area contributed by atoms with Crippen molar-refractivity contribution in [3.8, 4) is 11.8 Å². The van der Waals surface area contributed by atoms with E-state index in [1.165, 1.54) is 37.7 Å². The Hall–Kier alpha value is -2.02. The zero-order valence-corrected chi connectivity index (χ0v) is 22.1. The maximum Gasteiger partial charge on any atom is 0.0646 e. The number of hydrogen-bond acceptors (Lipinski definition) is 2. The van der Waals surface area contributed by atoms with Gasteiger partial charge in [-0.25, -0.2) is 0 Å². The molecule has 0 spiro atoms. The highest BCUT2D eigenvalue weighted by atomic mass is 15.3. The summed E-state index contributed by atoms with van der Waals surface area (Å²) >= 11 is 0. The smallest absolute Gasteiger partial charge is 0.0646 e. The molecule has 0 bridgehead atoms. The quantitative estimate of drug-likeness (QED) is 0.273. The third kappa shape index (κ3) is 14.1. The fourth-order valence-corrected chi connectivity index (χ4v) is 3.32. The molecule has 0 saturated heterocycles. The highest BCUT2D eigenvalue weighted by Gasteiger charge is 2.02. The monoisotopic (exact) mass is 440 g/mol. The number of rotatable bonds is 11. The molecule has 0 aliphatic rings. The summed E-state index contributed by atoms with van der Waals surface area (Å²) in [4.78, 5) is 0. The van der Waals surface area contributed by atoms with Crippen LogP contribution in [0.1, 0.15) is 98.6 Å². The first kappa shape index (κ1) is 28.0. The Morgan fingerprint density at radius 2 is 1.31 bits per heavy atom. The van der Waals surface area contributed by atoms with Gasteiger partial charge in [0.05, 0.1) is 18.0 Å². The molecule has 4 heteroatoms. The van der Waals surface area contributed by atoms with E-state index in [9.17, 15) is 0 Å². The number of hydrogen-bond donors (Lipinski definition) is 0. The van der Waals surface area contributed by atoms with E-state index in [-0.39, 0.29) is 0 Å². The summed E-state index contributed by atoms with van der Waals surface area (Å²) in [6.07, 6.45) is 15.4. The lowest BCUT2D eigenvalue weighted by Crippen LogP contribution is -2.04. The first-order valence-corrected chi connectivity index (χ1v) is 12.7. The normalized spacial score (nSPS) is 11.1. The van der Waals surface area contributed by atoms with Crippen LogP contribution in [-0.2, 0) is 19.5 Å². The van der Waals surface area contributed by atoms with Crippen LogP contribution in [0.5, 0.6) is 0 Å². The molecule has 2 aromatic rings. The minimum Gasteiger partial charge on any atom is -0.272 e. The molecule has 0 aliphatic carbocycles. The highest BCUT2D eigenvalue weighted by molar-refractivity contribution is 5.29. The Morgan fingerprint density at radius 1 is 0.719 bits per heavy atom. The van der Waals surface area contributed by atoms with Crippen molar-refractivity contribution in [2.45, 2.75) is 107 Å². The second-order valence-electron chi connectivity index (χ2n) is 10.7. The maximum absolute atomic E-state index is 4.39. The molecule has 0 amide bonds. The fourth-order valence-electron chi connectivity index (χ4n) is 3.32. The number of aromatic nitrogens is 4. The van der Waals surface area contributed by atoms with E-state index in [4.69, 9.17) is 0 Å². The summed E-state index contributed by atoms with van der Waals surface area (Å²) in [5.41, 5.74) is 2.42. The second-order valence-corrected chi connectivity index (χ2v) is 10.7. The Morgan fingerprint density at radius 3 is 1.91 bits per heavy atom. The molecule has 0 aromatic carbocycles. The van der Waals surface area contributed by atoms with Crippen molar-refractivity contribution in [2.24, 2.45) is 23.7 Å². The molecular formula is C28H48N4. The Labute approximate surface area is 198 Å². The van der Waals surface area contributed by atoms with Crippen LogP contribution in [0.4, 0.5) is 0 Å². The SMILES string of the molecule is CC(C)CCC#Cc1cnn(CC(C)C)c1.CC(C)CCCCc1cnn(CC(C)C)c1. The Kier molecular flexibility index (Phi) is 13.8. The van der Waals surface area contributed by atoms with Gasteiger partial charge in [-0.2, -0.15) is 10.2 Å². The van der Waals surface area contributed by atoms with Crippen molar-refractivity contribution in [2.75, 3.05) is 0 Å². The molecule has 0 saturated carbocycles. The van der Waals surface area contributed by atoms with E-state index in [1.54, 1.807) is 0 Å². The van der Waals surface area contributed by atoms with Crippen molar-refractivity contribution < 1.29 is 0 Å². The van der Waals surface area contributed by atoms with Crippen LogP contribution in [0.25, 0.3) is 0 Å². The lowest BCUT2D eigenvalue weighted by Gasteiger charge is -2.04. The summed E-state index contributed by atoms with van der Waals surface area (Å²) in [5, 5.41) is 8.67. The largest absolute Gasteiger partial charge is 0.272 e. The Bertz CT molecular complexity index is 784. The van der Waals surface area contributed by atoms with Gasteiger partial charge in [0.2, 0.25) is 0 Å². The molecule has 0 aliphatic heterocycles. The van der Waals surface area contributed by atoms with E-state index < -0.39 is 0 Å². The third-order valence-electron chi connectivity index (χ3n) is 5.00. The van der Waals surface area contributed by atoms with Crippen molar-refractivity contribution >= 4 is 0 Å². The number of unbranched alkanes of at least 4 members (excludes halogenated alkanes) is 1. The van der Waals surface area contributed by atoms with Gasteiger partial charge in [0.25, 0.3) is 0 Å². The van der Waals surface area contributed by atoms with E-state index in [1.807, 2.05) is 23.3 Å². The van der Waals surface area contributed by atoms with Crippen LogP contribution >= 0.6 is 0 Å². The van der Waals surface area contributed by atoms with Gasteiger partial charge in [0.15, 0.2) is 0 Å². The number of nitrogens with zero attached hydrogens (tertiary/aromatic N) is 4. The molecule has 32 heavy (non-hydrogen) atoms. The zero-order valence-electron chi connectivity index (χ0n) is 22.1. The Balaban J connectivity index is 0.000000320. The molecule has 4 nitrogen and oxygen atoms in total. The van der Waals surface area contributed by atoms with Crippen molar-refractivity contribution in [3.63, 3.8) is 0 Å². The van der Waals surface area contributed by atoms with Gasteiger partial charge < -0.3 is 0 Å². The molecule has 0 radical (unpaired) electrons. The standard InChI is InChI=1S/C14H26N2.C14H22N2/c2*1-12(2)7-5-6-8-14-9-15-16(11-14)10-13(3)4/h9,11-13H,5-8,10H2,1-4H3;9,11-13H,5,7,10H2,1-4H3. The molecular weight excluding hydrogens is 392 g/mol. The minimum atomic E-state index is 0.627. The van der Waals surface area contributed by atoms with E-state index in [0.29, 0.717) is 11.8 Å². The van der Waals surface area contributed by atoms with Crippen LogP contribution in [0.2, 0.25) is 0 Å². The molecule has 0 unspecified atom stereocenters. The van der Waals surface area contributed by atoms with Crippen molar-refractivity contribution in [3.05, 3.63) is 35.9 Å². The van der Waals surface area contributed by atoms with E-state index >= 15 is 0 Å². The van der Waals surface area contributed by atoms with Crippen molar-refractivity contribution in [1.82, 2.24) is 19.6 Å². The maximum atomic E-state index is 4.39. The van der Waals surface area contributed by atoms with Gasteiger partial charge in [-0.3, -0.25) is 9.36 Å². The molecule has 2 heterocycles. The molecule has 2 rings (SSSR count). The highest BCUT2D eigenvalue weighted by Crippen LogP contribution is 2.11. The lowest BCUT2D eigenvalue weighted by atomic mass is 10.0. The second kappa shape index (κ2) is 15.7. The zero-order chi connectivity index (χ0) is 23.9. The van der Waals surface area contributed by atoms with E-state index in [2.05, 4.69) is 88.3 Å². The van der Waals surface area contributed by atoms with Gasteiger partial charge in [0, 0.05) is 31.9 Å². The summed E-state index contributed by atoms with van der Waals surface area (Å²) in [7, 11) is 0. The predicted molar refractivity (Wildman–Crippen MR) is 137 cm³/mol. The van der Waals surface area contributed by atoms with Gasteiger partial charge in [0.1, 0.15) is 0 Å². The predicted octanol–water partition coefficient (Wildman–Crippen LogP) is 7.23. The minimum absolute atomic E-state index is 0.627. The van der Waals surface area contributed by atoms with Crippen LogP contribution in [0.3, 0.4) is 0 Å². The van der Waals surface area contributed by atoms with Crippen LogP contribution in [0.15, 0.2) is 24.8 Å². The topological polar surface area (TPSA) is 35.6 Å². The average molecular weight is 441 g/mol. The van der Waals surface area contributed by atoms with Gasteiger partial charge in [-0.1, -0.05) is 80.1 Å². The molecule has 180 valence electrons. The van der Waals surface area contributed by atoms with Crippen LogP contribution in [-0.4, -0.2) is 19.6 Å². The van der Waals surface area contributed by atoms with Crippen LogP contribution < -0.4 is 0 Å². The van der Waals surface area contributed by atoms with Gasteiger partial charge >= 0.3 is 0 Å². The van der Waals surface area contributed by atoms with Gasteiger partial charge in [-0.05, 0) is 48.5 Å². The van der Waals surface area contributed by atoms with Crippen LogP contribution in [0, 0.1) is 35.5 Å². The summed E-state index contributed by atoms with van der Waals surface area (Å²) in [5.74, 6) is 9.23. The summed E-state index contributed by atoms with van der Waals surface area (Å²) < 4.78 is 4.04. The molecule has 0 N–H and O–H groups in total. The molecule has 0 fully saturated rings. The van der Waals surface area contributed by atoms with Crippen molar-refractivity contribution in [1.29, 1.82) is 0 Å².